The van der Waals surface area contributed by atoms with Gasteiger partial charge in [0.2, 0.25) is 17.6 Å². The average Bonchev–Trinajstić information content (AvgIpc) is 3.45. The van der Waals surface area contributed by atoms with E-state index in [-0.39, 0.29) is 11.7 Å². The number of carbonyl (C=O) groups is 2. The molecule has 1 amide bonds. The molecule has 0 saturated carbocycles. The Balaban J connectivity index is 1.43. The first-order valence-corrected chi connectivity index (χ1v) is 11.8. The molecule has 12 heteroatoms. The lowest BCUT2D eigenvalue weighted by atomic mass is 10.1. The fraction of sp³-hybridized carbons (Fsp3) is 0.304. The molecular weight excluding hydrogens is 470 g/mol. The van der Waals surface area contributed by atoms with Crippen LogP contribution in [0.15, 0.2) is 35.0 Å². The summed E-state index contributed by atoms with van der Waals surface area (Å²) in [7, 11) is 0. The van der Waals surface area contributed by atoms with Crippen molar-refractivity contribution in [3.8, 4) is 11.4 Å². The minimum Gasteiger partial charge on any atom is -0.461 e. The molecule has 0 unspecified atom stereocenters. The second-order valence-electron chi connectivity index (χ2n) is 7.78. The van der Waals surface area contributed by atoms with Crippen molar-refractivity contribution in [3.63, 3.8) is 0 Å². The van der Waals surface area contributed by atoms with Crippen molar-refractivity contribution in [1.82, 2.24) is 20.1 Å². The lowest BCUT2D eigenvalue weighted by molar-refractivity contribution is -0.117. The maximum absolute atomic E-state index is 12.6. The van der Waals surface area contributed by atoms with Gasteiger partial charge in [0.25, 0.3) is 0 Å². The molecule has 1 atom stereocenters. The fourth-order valence-electron chi connectivity index (χ4n) is 3.26. The van der Waals surface area contributed by atoms with Gasteiger partial charge in [-0.25, -0.2) is 14.8 Å². The minimum absolute atomic E-state index is 0.124. The topological polar surface area (TPSA) is 158 Å². The number of nitrogens with zero attached hydrogens (tertiary/aromatic N) is 4. The van der Waals surface area contributed by atoms with Crippen LogP contribution in [0, 0.1) is 13.8 Å². The summed E-state index contributed by atoms with van der Waals surface area (Å²) in [5.41, 5.74) is 7.37. The van der Waals surface area contributed by atoms with Crippen molar-refractivity contribution >= 4 is 44.9 Å². The zero-order chi connectivity index (χ0) is 24.9. The van der Waals surface area contributed by atoms with Gasteiger partial charge in [-0.1, -0.05) is 35.5 Å². The van der Waals surface area contributed by atoms with E-state index in [1.807, 2.05) is 31.2 Å². The monoisotopic (exact) mass is 495 g/mol. The molecule has 0 aliphatic heterocycles. The predicted octanol–water partition coefficient (Wildman–Crippen LogP) is 3.30. The Morgan fingerprint density at radius 3 is 2.80 bits per heavy atom. The lowest BCUT2D eigenvalue weighted by Gasteiger charge is -2.14. The number of thiazole rings is 1. The Hall–Kier alpha value is -3.90. The van der Waals surface area contributed by atoms with E-state index >= 15 is 0 Å². The van der Waals surface area contributed by atoms with Crippen LogP contribution in [-0.2, 0) is 9.53 Å². The Labute approximate surface area is 205 Å². The molecule has 35 heavy (non-hydrogen) atoms. The number of aromatic nitrogens is 4. The second-order valence-corrected chi connectivity index (χ2v) is 8.78. The molecule has 1 aromatic carbocycles. The van der Waals surface area contributed by atoms with E-state index in [0.717, 1.165) is 34.1 Å². The average molecular weight is 496 g/mol. The van der Waals surface area contributed by atoms with Gasteiger partial charge in [0.1, 0.15) is 16.7 Å². The SMILES string of the molecule is CCCOC(=O)c1sc(NC(=O)[C@@H](N)CNc2nccc3ccc(-c4noc(C)n4)cc23)nc1C. The van der Waals surface area contributed by atoms with Crippen molar-refractivity contribution in [3.05, 3.63) is 46.9 Å². The third-order valence-electron chi connectivity index (χ3n) is 5.03. The quantitative estimate of drug-likeness (QED) is 0.294. The summed E-state index contributed by atoms with van der Waals surface area (Å²) in [6.45, 7) is 5.78. The molecule has 182 valence electrons. The van der Waals surface area contributed by atoms with Crippen molar-refractivity contribution in [2.45, 2.75) is 33.2 Å². The van der Waals surface area contributed by atoms with E-state index in [4.69, 9.17) is 15.0 Å². The summed E-state index contributed by atoms with van der Waals surface area (Å²) in [6, 6.07) is 6.72. The van der Waals surface area contributed by atoms with Gasteiger partial charge in [-0.3, -0.25) is 4.79 Å². The number of fused-ring (bicyclic) bond motifs is 1. The highest BCUT2D eigenvalue weighted by Crippen LogP contribution is 2.27. The normalized spacial score (nSPS) is 11.9. The molecule has 4 aromatic rings. The Morgan fingerprint density at radius 1 is 1.23 bits per heavy atom. The van der Waals surface area contributed by atoms with Gasteiger partial charge in [-0.05, 0) is 30.9 Å². The largest absolute Gasteiger partial charge is 0.461 e. The molecule has 0 saturated heterocycles. The number of ether oxygens (including phenoxy) is 1. The van der Waals surface area contributed by atoms with Gasteiger partial charge >= 0.3 is 5.97 Å². The van der Waals surface area contributed by atoms with Crippen LogP contribution in [0.25, 0.3) is 22.2 Å². The van der Waals surface area contributed by atoms with E-state index < -0.39 is 17.9 Å². The van der Waals surface area contributed by atoms with Crippen LogP contribution < -0.4 is 16.4 Å². The molecule has 0 fully saturated rings. The summed E-state index contributed by atoms with van der Waals surface area (Å²) in [4.78, 5) is 38.0. The predicted molar refractivity (Wildman–Crippen MR) is 132 cm³/mol. The highest BCUT2D eigenvalue weighted by Gasteiger charge is 2.20. The van der Waals surface area contributed by atoms with Gasteiger partial charge in [0, 0.05) is 30.6 Å². The number of carbonyl (C=O) groups excluding carboxylic acids is 2. The maximum Gasteiger partial charge on any atom is 0.350 e. The van der Waals surface area contributed by atoms with Gasteiger partial charge in [0.15, 0.2) is 5.13 Å². The maximum atomic E-state index is 12.6. The molecule has 11 nitrogen and oxygen atoms in total. The lowest BCUT2D eigenvalue weighted by Crippen LogP contribution is -2.41. The number of esters is 1. The molecule has 3 aromatic heterocycles. The summed E-state index contributed by atoms with van der Waals surface area (Å²) < 4.78 is 10.2. The van der Waals surface area contributed by atoms with Crippen molar-refractivity contribution in [1.29, 1.82) is 0 Å². The van der Waals surface area contributed by atoms with Crippen molar-refractivity contribution < 1.29 is 18.8 Å². The summed E-state index contributed by atoms with van der Waals surface area (Å²) in [5, 5.41) is 11.8. The van der Waals surface area contributed by atoms with Gasteiger partial charge in [-0.15, -0.1) is 0 Å². The third kappa shape index (κ3) is 5.61. The number of nitrogens with two attached hydrogens (primary N) is 1. The van der Waals surface area contributed by atoms with E-state index in [0.29, 0.717) is 34.7 Å². The zero-order valence-electron chi connectivity index (χ0n) is 19.5. The van der Waals surface area contributed by atoms with E-state index in [1.165, 1.54) is 0 Å². The minimum atomic E-state index is -0.894. The molecule has 0 bridgehead atoms. The second kappa shape index (κ2) is 10.6. The number of nitrogens with one attached hydrogen (secondary N) is 2. The molecular formula is C23H25N7O4S. The number of pyridine rings is 1. The first kappa shape index (κ1) is 24.2. The van der Waals surface area contributed by atoms with Gasteiger partial charge in [0.05, 0.1) is 12.3 Å². The van der Waals surface area contributed by atoms with Crippen molar-refractivity contribution in [2.75, 3.05) is 23.8 Å². The van der Waals surface area contributed by atoms with E-state index in [9.17, 15) is 9.59 Å². The van der Waals surface area contributed by atoms with Gasteiger partial charge < -0.3 is 25.6 Å². The highest BCUT2D eigenvalue weighted by molar-refractivity contribution is 7.17. The zero-order valence-corrected chi connectivity index (χ0v) is 20.3. The van der Waals surface area contributed by atoms with Crippen LogP contribution >= 0.6 is 11.3 Å². The molecule has 3 heterocycles. The number of rotatable bonds is 9. The molecule has 0 aliphatic rings. The van der Waals surface area contributed by atoms with Crippen LogP contribution in [-0.4, -0.2) is 51.2 Å². The standard InChI is InChI=1S/C23H25N7O4S/c1-4-9-33-22(32)18-12(2)27-23(35-18)29-21(31)17(24)11-26-20-16-10-15(19-28-13(3)34-30-19)6-5-14(16)7-8-25-20/h5-8,10,17H,4,9,11,24H2,1-3H3,(H,25,26)(H,27,29,31)/t17-/m0/s1. The fourth-order valence-corrected chi connectivity index (χ4v) is 4.12. The Kier molecular flexibility index (Phi) is 7.32. The number of amides is 1. The molecule has 4 rings (SSSR count). The highest BCUT2D eigenvalue weighted by atomic mass is 32.1. The summed E-state index contributed by atoms with van der Waals surface area (Å²) in [5.74, 6) is 0.626. The molecule has 0 aliphatic carbocycles. The van der Waals surface area contributed by atoms with E-state index in [1.54, 1.807) is 20.0 Å². The first-order chi connectivity index (χ1) is 16.9. The molecule has 0 radical (unpaired) electrons. The smallest absolute Gasteiger partial charge is 0.350 e. The summed E-state index contributed by atoms with van der Waals surface area (Å²) in [6.07, 6.45) is 2.39. The van der Waals surface area contributed by atoms with Crippen LogP contribution in [0.4, 0.5) is 10.9 Å². The van der Waals surface area contributed by atoms with Gasteiger partial charge in [-0.2, -0.15) is 4.98 Å². The number of hydrogen-bond acceptors (Lipinski definition) is 11. The summed E-state index contributed by atoms with van der Waals surface area (Å²) >= 11 is 1.06. The van der Waals surface area contributed by atoms with Crippen LogP contribution in [0.5, 0.6) is 0 Å². The molecule has 0 spiro atoms. The third-order valence-corrected chi connectivity index (χ3v) is 6.08. The number of hydrogen-bond donors (Lipinski definition) is 3. The van der Waals surface area contributed by atoms with Crippen LogP contribution in [0.1, 0.15) is 34.6 Å². The number of benzene rings is 1. The molecule has 4 N–H and O–H groups in total. The number of anilines is 2. The first-order valence-electron chi connectivity index (χ1n) is 11.0. The van der Waals surface area contributed by atoms with Crippen LogP contribution in [0.2, 0.25) is 0 Å². The van der Waals surface area contributed by atoms with Crippen molar-refractivity contribution in [2.24, 2.45) is 5.73 Å². The number of aryl methyl sites for hydroxylation is 2. The van der Waals surface area contributed by atoms with Crippen LogP contribution in [0.3, 0.4) is 0 Å². The Morgan fingerprint density at radius 2 is 2.06 bits per heavy atom. The van der Waals surface area contributed by atoms with E-state index in [2.05, 4.69) is 30.7 Å². The Bertz CT molecular complexity index is 1370.